The minimum Gasteiger partial charge on any atom is -0.451 e. The molecule has 0 radical (unpaired) electrons. The van der Waals surface area contributed by atoms with Gasteiger partial charge in [-0.3, -0.25) is 9.59 Å². The van der Waals surface area contributed by atoms with Crippen LogP contribution in [0.1, 0.15) is 31.8 Å². The van der Waals surface area contributed by atoms with Crippen LogP contribution in [0.4, 0.5) is 28.9 Å². The number of nitrogens with zero attached hydrogens (tertiary/aromatic N) is 2. The number of nitriles is 2. The Labute approximate surface area is 258 Å². The number of ether oxygens (including phenoxy) is 2. The zero-order valence-corrected chi connectivity index (χ0v) is 23.3. The highest BCUT2D eigenvalue weighted by atomic mass is 19.2. The maximum atomic E-state index is 14.9. The van der Waals surface area contributed by atoms with E-state index in [2.05, 4.69) is 10.6 Å². The van der Waals surface area contributed by atoms with Crippen LogP contribution in [-0.2, 0) is 0 Å². The predicted octanol–water partition coefficient (Wildman–Crippen LogP) is 8.08. The number of benzene rings is 5. The van der Waals surface area contributed by atoms with Crippen molar-refractivity contribution < 1.29 is 36.6 Å². The molecule has 0 fully saturated rings. The Morgan fingerprint density at radius 3 is 1.09 bits per heavy atom. The number of hydrogen-bond acceptors (Lipinski definition) is 6. The van der Waals surface area contributed by atoms with Crippen LogP contribution >= 0.6 is 0 Å². The van der Waals surface area contributed by atoms with E-state index in [0.717, 1.165) is 0 Å². The van der Waals surface area contributed by atoms with E-state index in [4.69, 9.17) is 20.0 Å². The molecule has 0 unspecified atom stereocenters. The lowest BCUT2D eigenvalue weighted by molar-refractivity contribution is 0.101. The van der Waals surface area contributed by atoms with Crippen molar-refractivity contribution in [1.29, 1.82) is 10.5 Å². The van der Waals surface area contributed by atoms with Gasteiger partial charge in [0.05, 0.1) is 23.3 Å². The Morgan fingerprint density at radius 1 is 0.500 bits per heavy atom. The molecule has 0 bridgehead atoms. The molecule has 2 amide bonds. The standard InChI is InChI=1S/C34H18F4N4O4/c35-27-29(37)32(46-26-15-7-22(8-16-26)34(44)42-24-11-3-20(18-40)4-12-24)30(38)28(36)31(27)45-25-13-5-21(6-14-25)33(43)41-23-9-1-19(17-39)2-10-23/h1-16H,(H,41,43)(H,42,44). The molecule has 2 N–H and O–H groups in total. The van der Waals surface area contributed by atoms with Gasteiger partial charge in [0.15, 0.2) is 0 Å². The van der Waals surface area contributed by atoms with Crippen molar-refractivity contribution in [1.82, 2.24) is 0 Å². The van der Waals surface area contributed by atoms with E-state index in [0.29, 0.717) is 22.5 Å². The molecule has 226 valence electrons. The number of hydrogen-bond donors (Lipinski definition) is 2. The SMILES string of the molecule is N#Cc1ccc(NC(=O)c2ccc(Oc3c(F)c(F)c(Oc4ccc(C(=O)Nc5ccc(C#N)cc5)cc4)c(F)c3F)cc2)cc1. The molecular weight excluding hydrogens is 604 g/mol. The van der Waals surface area contributed by atoms with E-state index in [1.807, 2.05) is 12.1 Å². The first kappa shape index (κ1) is 30.8. The number of carbonyl (C=O) groups excluding carboxylic acids is 2. The number of carbonyl (C=O) groups is 2. The van der Waals surface area contributed by atoms with Crippen molar-refractivity contribution in [3.63, 3.8) is 0 Å². The molecule has 5 aromatic carbocycles. The number of rotatable bonds is 8. The molecule has 0 aliphatic rings. The molecule has 5 aromatic rings. The molecular formula is C34H18F4N4O4. The van der Waals surface area contributed by atoms with Crippen molar-refractivity contribution >= 4 is 23.2 Å². The Kier molecular flexibility index (Phi) is 8.92. The van der Waals surface area contributed by atoms with Crippen LogP contribution in [0.3, 0.4) is 0 Å². The van der Waals surface area contributed by atoms with E-state index in [1.165, 1.54) is 97.1 Å². The summed E-state index contributed by atoms with van der Waals surface area (Å²) < 4.78 is 69.7. The molecule has 0 saturated heterocycles. The second-order valence-corrected chi connectivity index (χ2v) is 9.45. The highest BCUT2D eigenvalue weighted by Gasteiger charge is 2.29. The fourth-order valence-electron chi connectivity index (χ4n) is 4.02. The first-order chi connectivity index (χ1) is 22.2. The van der Waals surface area contributed by atoms with Crippen LogP contribution in [0.2, 0.25) is 0 Å². The van der Waals surface area contributed by atoms with Crippen molar-refractivity contribution in [3.05, 3.63) is 143 Å². The van der Waals surface area contributed by atoms with Gasteiger partial charge in [0.2, 0.25) is 34.8 Å². The molecule has 0 saturated carbocycles. The van der Waals surface area contributed by atoms with Crippen molar-refractivity contribution in [2.24, 2.45) is 0 Å². The van der Waals surface area contributed by atoms with Gasteiger partial charge in [-0.2, -0.15) is 28.1 Å². The number of nitrogens with one attached hydrogen (secondary N) is 2. The van der Waals surface area contributed by atoms with Gasteiger partial charge < -0.3 is 20.1 Å². The van der Waals surface area contributed by atoms with Gasteiger partial charge in [-0.25, -0.2) is 0 Å². The van der Waals surface area contributed by atoms with Crippen LogP contribution in [0.5, 0.6) is 23.0 Å². The summed E-state index contributed by atoms with van der Waals surface area (Å²) in [5, 5.41) is 23.0. The average molecular weight is 623 g/mol. The summed E-state index contributed by atoms with van der Waals surface area (Å²) in [4.78, 5) is 25.0. The highest BCUT2D eigenvalue weighted by molar-refractivity contribution is 6.05. The molecule has 0 aliphatic carbocycles. The van der Waals surface area contributed by atoms with Gasteiger partial charge in [-0.05, 0) is 97.1 Å². The summed E-state index contributed by atoms with van der Waals surface area (Å²) in [6.45, 7) is 0. The largest absolute Gasteiger partial charge is 0.451 e. The number of amides is 2. The van der Waals surface area contributed by atoms with Gasteiger partial charge in [0.1, 0.15) is 11.5 Å². The van der Waals surface area contributed by atoms with Crippen LogP contribution in [0.25, 0.3) is 0 Å². The van der Waals surface area contributed by atoms with Crippen LogP contribution < -0.4 is 20.1 Å². The van der Waals surface area contributed by atoms with Crippen LogP contribution in [0, 0.1) is 45.9 Å². The molecule has 0 spiro atoms. The van der Waals surface area contributed by atoms with E-state index in [-0.39, 0.29) is 22.6 Å². The molecule has 0 atom stereocenters. The minimum absolute atomic E-state index is 0.136. The third-order valence-corrected chi connectivity index (χ3v) is 6.40. The molecule has 46 heavy (non-hydrogen) atoms. The minimum atomic E-state index is -1.87. The Hall–Kier alpha value is -6.66. The zero-order valence-electron chi connectivity index (χ0n) is 23.3. The molecule has 8 nitrogen and oxygen atoms in total. The summed E-state index contributed by atoms with van der Waals surface area (Å²) in [7, 11) is 0. The topological polar surface area (TPSA) is 124 Å². The van der Waals surface area contributed by atoms with Crippen LogP contribution in [0.15, 0.2) is 97.1 Å². The van der Waals surface area contributed by atoms with Gasteiger partial charge in [0, 0.05) is 22.5 Å². The zero-order chi connectivity index (χ0) is 32.8. The smallest absolute Gasteiger partial charge is 0.255 e. The summed E-state index contributed by atoms with van der Waals surface area (Å²) in [5.74, 6) is -11.7. The van der Waals surface area contributed by atoms with E-state index in [9.17, 15) is 27.2 Å². The predicted molar refractivity (Wildman–Crippen MR) is 158 cm³/mol. The molecule has 0 aliphatic heterocycles. The Bertz CT molecular complexity index is 1840. The van der Waals surface area contributed by atoms with Crippen LogP contribution in [-0.4, -0.2) is 11.8 Å². The number of halogens is 4. The second-order valence-electron chi connectivity index (χ2n) is 9.45. The molecule has 0 heterocycles. The van der Waals surface area contributed by atoms with Gasteiger partial charge in [-0.1, -0.05) is 0 Å². The van der Waals surface area contributed by atoms with Crippen molar-refractivity contribution in [3.8, 4) is 35.1 Å². The first-order valence-corrected chi connectivity index (χ1v) is 13.2. The summed E-state index contributed by atoms with van der Waals surface area (Å²) in [6.07, 6.45) is 0. The fraction of sp³-hybridized carbons (Fsp3) is 0. The lowest BCUT2D eigenvalue weighted by atomic mass is 10.2. The lowest BCUT2D eigenvalue weighted by Gasteiger charge is -2.14. The lowest BCUT2D eigenvalue weighted by Crippen LogP contribution is -2.11. The normalized spacial score (nSPS) is 10.3. The molecule has 0 aromatic heterocycles. The monoisotopic (exact) mass is 622 g/mol. The second kappa shape index (κ2) is 13.3. The summed E-state index contributed by atoms with van der Waals surface area (Å²) >= 11 is 0. The highest BCUT2D eigenvalue weighted by Crippen LogP contribution is 2.39. The maximum absolute atomic E-state index is 14.9. The Balaban J connectivity index is 1.26. The first-order valence-electron chi connectivity index (χ1n) is 13.2. The summed E-state index contributed by atoms with van der Waals surface area (Å²) in [5.41, 5.74) is 1.92. The maximum Gasteiger partial charge on any atom is 0.255 e. The fourth-order valence-corrected chi connectivity index (χ4v) is 4.02. The summed E-state index contributed by atoms with van der Waals surface area (Å²) in [6, 6.07) is 25.9. The van der Waals surface area contributed by atoms with Gasteiger partial charge >= 0.3 is 0 Å². The van der Waals surface area contributed by atoms with Gasteiger partial charge in [-0.15, -0.1) is 0 Å². The van der Waals surface area contributed by atoms with Crippen molar-refractivity contribution in [2.75, 3.05) is 10.6 Å². The van der Waals surface area contributed by atoms with E-state index < -0.39 is 46.6 Å². The van der Waals surface area contributed by atoms with E-state index in [1.54, 1.807) is 0 Å². The third kappa shape index (κ3) is 6.77. The molecule has 5 rings (SSSR count). The van der Waals surface area contributed by atoms with Crippen molar-refractivity contribution in [2.45, 2.75) is 0 Å². The quantitative estimate of drug-likeness (QED) is 0.133. The average Bonchev–Trinajstić information content (AvgIpc) is 3.09. The number of anilines is 2. The van der Waals surface area contributed by atoms with Gasteiger partial charge in [0.25, 0.3) is 11.8 Å². The Morgan fingerprint density at radius 2 is 0.804 bits per heavy atom. The third-order valence-electron chi connectivity index (χ3n) is 6.40. The molecule has 12 heteroatoms. The van der Waals surface area contributed by atoms with E-state index >= 15 is 0 Å².